The van der Waals surface area contributed by atoms with Gasteiger partial charge in [0.2, 0.25) is 0 Å². The van der Waals surface area contributed by atoms with Crippen LogP contribution in [-0.2, 0) is 13.7 Å². The molecule has 0 heterocycles. The van der Waals surface area contributed by atoms with Gasteiger partial charge in [-0.2, -0.15) is 0 Å². The van der Waals surface area contributed by atoms with Crippen molar-refractivity contribution in [3.05, 3.63) is 59.3 Å². The third kappa shape index (κ3) is 9.44. The van der Waals surface area contributed by atoms with Crippen molar-refractivity contribution >= 4 is 22.3 Å². The maximum atomic E-state index is 7.10. The van der Waals surface area contributed by atoms with E-state index in [9.17, 15) is 0 Å². The number of oxime groups is 1. The van der Waals surface area contributed by atoms with Crippen molar-refractivity contribution in [2.24, 2.45) is 27.8 Å². The van der Waals surface area contributed by atoms with Crippen LogP contribution in [0, 0.1) is 22.7 Å². The minimum absolute atomic E-state index is 0.0112. The van der Waals surface area contributed by atoms with E-state index in [1.54, 1.807) is 18.3 Å². The summed E-state index contributed by atoms with van der Waals surface area (Å²) in [5.41, 5.74) is 6.89. The first-order chi connectivity index (χ1) is 21.8. The van der Waals surface area contributed by atoms with Crippen LogP contribution in [0.1, 0.15) is 121 Å². The highest BCUT2D eigenvalue weighted by atomic mass is 28.4. The van der Waals surface area contributed by atoms with E-state index in [-0.39, 0.29) is 33.1 Å². The largest absolute Gasteiger partial charge is 0.413 e. The van der Waals surface area contributed by atoms with E-state index < -0.39 is 16.6 Å². The fraction of sp³-hybridized carbons (Fsp3) is 0.738. The molecule has 0 amide bonds. The van der Waals surface area contributed by atoms with Crippen molar-refractivity contribution < 1.29 is 13.7 Å². The summed E-state index contributed by atoms with van der Waals surface area (Å²) in [6, 6.07) is 0. The summed E-state index contributed by atoms with van der Waals surface area (Å²) in [5.74, 6) is 1.07. The SMILES string of the molecule is C=C1/C(=C\C=C2/CCCC3(C)C(C(C)C/C=C/C(=N\OC)C(C)(C)C)=CC[C@@H]23)C[C@@H](O[Si](C)(C)C(C)(C)C)C[C@@H]1O[Si](C)(C)C(C)(C)C. The Balaban J connectivity index is 1.87. The Morgan fingerprint density at radius 1 is 1.00 bits per heavy atom. The van der Waals surface area contributed by atoms with Gasteiger partial charge in [-0.15, -0.1) is 0 Å². The van der Waals surface area contributed by atoms with Gasteiger partial charge in [-0.3, -0.25) is 0 Å². The molecule has 3 aliphatic rings. The Bertz CT molecular complexity index is 1310. The van der Waals surface area contributed by atoms with Crippen LogP contribution in [0.4, 0.5) is 0 Å². The molecule has 48 heavy (non-hydrogen) atoms. The molecule has 0 aromatic rings. The third-order valence-electron chi connectivity index (χ3n) is 12.6. The second kappa shape index (κ2) is 15.0. The van der Waals surface area contributed by atoms with Gasteiger partial charge in [-0.05, 0) is 109 Å². The quantitative estimate of drug-likeness (QED) is 0.0988. The van der Waals surface area contributed by atoms with E-state index in [0.29, 0.717) is 11.8 Å². The van der Waals surface area contributed by atoms with E-state index in [1.807, 2.05) is 0 Å². The van der Waals surface area contributed by atoms with Gasteiger partial charge in [0.25, 0.3) is 0 Å². The van der Waals surface area contributed by atoms with E-state index in [2.05, 4.69) is 138 Å². The number of allylic oxidation sites excluding steroid dienone is 7. The zero-order chi connectivity index (χ0) is 36.5. The minimum Gasteiger partial charge on any atom is -0.413 e. The van der Waals surface area contributed by atoms with Gasteiger partial charge in [0, 0.05) is 11.8 Å². The highest BCUT2D eigenvalue weighted by Gasteiger charge is 2.47. The molecule has 0 bridgehead atoms. The topological polar surface area (TPSA) is 40.0 Å². The number of rotatable bonds is 10. The summed E-state index contributed by atoms with van der Waals surface area (Å²) in [7, 11) is -2.30. The van der Waals surface area contributed by atoms with Crippen molar-refractivity contribution in [1.29, 1.82) is 0 Å². The predicted molar refractivity (Wildman–Crippen MR) is 214 cm³/mol. The van der Waals surface area contributed by atoms with Crippen molar-refractivity contribution in [3.63, 3.8) is 0 Å². The number of hydrogen-bond donors (Lipinski definition) is 0. The average Bonchev–Trinajstić information content (AvgIpc) is 3.29. The zero-order valence-corrected chi connectivity index (χ0v) is 36.0. The first kappa shape index (κ1) is 40.9. The normalized spacial score (nSPS) is 29.1. The summed E-state index contributed by atoms with van der Waals surface area (Å²) in [6.45, 7) is 39.7. The molecule has 0 radical (unpaired) electrons. The first-order valence-electron chi connectivity index (χ1n) is 18.8. The van der Waals surface area contributed by atoms with E-state index in [4.69, 9.17) is 20.3 Å². The van der Waals surface area contributed by atoms with Crippen molar-refractivity contribution in [2.45, 2.75) is 170 Å². The lowest BCUT2D eigenvalue weighted by molar-refractivity contribution is 0.0969. The van der Waals surface area contributed by atoms with Crippen molar-refractivity contribution in [3.8, 4) is 0 Å². The van der Waals surface area contributed by atoms with Crippen LogP contribution in [0.25, 0.3) is 0 Å². The second-order valence-corrected chi connectivity index (χ2v) is 28.9. The van der Waals surface area contributed by atoms with Gasteiger partial charge >= 0.3 is 0 Å². The van der Waals surface area contributed by atoms with Crippen molar-refractivity contribution in [2.75, 3.05) is 7.11 Å². The van der Waals surface area contributed by atoms with Crippen LogP contribution >= 0.6 is 0 Å². The smallest absolute Gasteiger partial charge is 0.192 e. The van der Waals surface area contributed by atoms with E-state index in [1.165, 1.54) is 30.4 Å². The Morgan fingerprint density at radius 3 is 2.17 bits per heavy atom. The van der Waals surface area contributed by atoms with Crippen LogP contribution in [0.5, 0.6) is 0 Å². The highest BCUT2D eigenvalue weighted by molar-refractivity contribution is 6.74. The van der Waals surface area contributed by atoms with Crippen LogP contribution in [0.15, 0.2) is 64.4 Å². The Labute approximate surface area is 298 Å². The van der Waals surface area contributed by atoms with Gasteiger partial charge in [0.05, 0.1) is 17.9 Å². The summed E-state index contributed by atoms with van der Waals surface area (Å²) in [4.78, 5) is 5.14. The van der Waals surface area contributed by atoms with E-state index >= 15 is 0 Å². The second-order valence-electron chi connectivity index (χ2n) is 19.4. The number of fused-ring (bicyclic) bond motifs is 1. The summed E-state index contributed by atoms with van der Waals surface area (Å²) in [5, 5.41) is 4.61. The first-order valence-corrected chi connectivity index (χ1v) is 24.6. The van der Waals surface area contributed by atoms with Gasteiger partial charge in [-0.25, -0.2) is 0 Å². The lowest BCUT2D eigenvalue weighted by atomic mass is 9.62. The van der Waals surface area contributed by atoms with Crippen LogP contribution in [-0.4, -0.2) is 41.7 Å². The molecule has 6 heteroatoms. The van der Waals surface area contributed by atoms with Gasteiger partial charge in [0.15, 0.2) is 16.6 Å². The molecular formula is C42H73NO3Si2. The van der Waals surface area contributed by atoms with E-state index in [0.717, 1.165) is 31.4 Å². The summed E-state index contributed by atoms with van der Waals surface area (Å²) in [6.07, 6.45) is 19.8. The lowest BCUT2D eigenvalue weighted by Crippen LogP contribution is -2.49. The standard InChI is InChI=1S/C42H73NO3Si2/c1-30(20-18-22-38(43-44-13)39(3,4)5)35-25-26-36-32(21-19-27-42(35,36)12)23-24-33-28-34(45-47(14,15)40(6,7)8)29-37(31(33)2)46-48(16,17)41(9,10)11/h18,22-25,30,34,36-37H,2,19-21,26-29H2,1,3-17H3/b22-18+,32-23+,33-24-,43-38+/t30?,34-,36+,37+,42?/m1/s1. The van der Waals surface area contributed by atoms with Gasteiger partial charge in [-0.1, -0.05) is 123 Å². The van der Waals surface area contributed by atoms with Crippen LogP contribution in [0.3, 0.4) is 0 Å². The molecule has 3 aliphatic carbocycles. The summed E-state index contributed by atoms with van der Waals surface area (Å²) < 4.78 is 14.2. The molecule has 4 nitrogen and oxygen atoms in total. The molecule has 0 aromatic heterocycles. The number of hydrogen-bond acceptors (Lipinski definition) is 4. The maximum absolute atomic E-state index is 7.10. The monoisotopic (exact) mass is 696 g/mol. The molecule has 0 spiro atoms. The fourth-order valence-corrected chi connectivity index (χ4v) is 10.1. The lowest BCUT2D eigenvalue weighted by Gasteiger charge is -2.45. The van der Waals surface area contributed by atoms with Gasteiger partial charge < -0.3 is 13.7 Å². The molecule has 0 saturated heterocycles. The Morgan fingerprint density at radius 2 is 1.60 bits per heavy atom. The third-order valence-corrected chi connectivity index (χ3v) is 21.6. The zero-order valence-electron chi connectivity index (χ0n) is 34.0. The Kier molecular flexibility index (Phi) is 12.8. The highest BCUT2D eigenvalue weighted by Crippen LogP contribution is 2.57. The molecule has 2 saturated carbocycles. The number of nitrogens with zero attached hydrogens (tertiary/aromatic N) is 1. The molecule has 272 valence electrons. The average molecular weight is 696 g/mol. The Hall–Kier alpha value is -1.48. The molecular weight excluding hydrogens is 623 g/mol. The van der Waals surface area contributed by atoms with Gasteiger partial charge in [0.1, 0.15) is 7.11 Å². The summed E-state index contributed by atoms with van der Waals surface area (Å²) >= 11 is 0. The molecule has 0 aliphatic heterocycles. The maximum Gasteiger partial charge on any atom is 0.192 e. The molecule has 2 unspecified atom stereocenters. The van der Waals surface area contributed by atoms with Crippen molar-refractivity contribution in [1.82, 2.24) is 0 Å². The molecule has 0 N–H and O–H groups in total. The molecule has 5 atom stereocenters. The molecule has 2 fully saturated rings. The van der Waals surface area contributed by atoms with Crippen LogP contribution in [0.2, 0.25) is 36.3 Å². The molecule has 3 rings (SSSR count). The minimum atomic E-state index is -1.99. The van der Waals surface area contributed by atoms with Crippen LogP contribution < -0.4 is 0 Å². The predicted octanol–water partition coefficient (Wildman–Crippen LogP) is 12.7. The fourth-order valence-electron chi connectivity index (χ4n) is 7.41. The molecule has 0 aromatic carbocycles.